The Bertz CT molecular complexity index is 939. The van der Waals surface area contributed by atoms with Crippen molar-refractivity contribution in [3.8, 4) is 0 Å². The topological polar surface area (TPSA) is 80.1 Å². The second kappa shape index (κ2) is 8.24. The maximum Gasteiger partial charge on any atom is 0.278 e. The number of nitrogens with one attached hydrogen (secondary N) is 1. The van der Waals surface area contributed by atoms with Crippen LogP contribution in [0.3, 0.4) is 0 Å². The minimum atomic E-state index is -0.311. The number of para-hydroxylation sites is 1. The predicted molar refractivity (Wildman–Crippen MR) is 101 cm³/mol. The van der Waals surface area contributed by atoms with Gasteiger partial charge in [0.05, 0.1) is 5.39 Å². The minimum Gasteiger partial charge on any atom is -0.375 e. The lowest BCUT2D eigenvalue weighted by Crippen LogP contribution is -2.35. The molecule has 0 aliphatic heterocycles. The van der Waals surface area contributed by atoms with Crippen LogP contribution in [0.5, 0.6) is 0 Å². The van der Waals surface area contributed by atoms with Crippen LogP contribution in [-0.2, 0) is 11.3 Å². The molecular weight excluding hydrogens is 330 g/mol. The van der Waals surface area contributed by atoms with E-state index < -0.39 is 0 Å². The summed E-state index contributed by atoms with van der Waals surface area (Å²) in [6.45, 7) is 1.22. The van der Waals surface area contributed by atoms with Gasteiger partial charge < -0.3 is 10.2 Å². The average Bonchev–Trinajstić information content (AvgIpc) is 2.68. The first-order valence-corrected chi connectivity index (χ1v) is 8.50. The molecule has 1 N–H and O–H groups in total. The third-order valence-corrected chi connectivity index (χ3v) is 4.11. The van der Waals surface area contributed by atoms with Gasteiger partial charge in [-0.05, 0) is 30.7 Å². The first-order chi connectivity index (χ1) is 12.6. The number of hydrogen-bond acceptors (Lipinski definition) is 5. The van der Waals surface area contributed by atoms with E-state index in [0.29, 0.717) is 17.4 Å². The Balaban J connectivity index is 1.49. The van der Waals surface area contributed by atoms with Gasteiger partial charge in [-0.15, -0.1) is 5.10 Å². The summed E-state index contributed by atoms with van der Waals surface area (Å²) < 4.78 is 1.09. The summed E-state index contributed by atoms with van der Waals surface area (Å²) in [5, 5.41) is 11.1. The first kappa shape index (κ1) is 17.6. The fourth-order valence-electron chi connectivity index (χ4n) is 2.67. The van der Waals surface area contributed by atoms with Gasteiger partial charge in [-0.2, -0.15) is 0 Å². The second-order valence-electron chi connectivity index (χ2n) is 6.03. The Hall–Kier alpha value is -3.22. The Morgan fingerprint density at radius 1 is 1.12 bits per heavy atom. The van der Waals surface area contributed by atoms with E-state index in [1.807, 2.05) is 37.4 Å². The van der Waals surface area contributed by atoms with Crippen LogP contribution < -0.4 is 15.8 Å². The van der Waals surface area contributed by atoms with Crippen molar-refractivity contribution < 1.29 is 4.79 Å². The number of anilines is 1. The normalized spacial score (nSPS) is 10.7. The van der Waals surface area contributed by atoms with Gasteiger partial charge in [0.25, 0.3) is 5.56 Å². The number of rotatable bonds is 7. The number of amides is 1. The monoisotopic (exact) mass is 351 g/mol. The zero-order valence-electron chi connectivity index (χ0n) is 14.6. The number of carbonyl (C=O) groups is 1. The summed E-state index contributed by atoms with van der Waals surface area (Å²) in [4.78, 5) is 26.5. The molecule has 0 atom stereocenters. The molecule has 0 aliphatic rings. The van der Waals surface area contributed by atoms with E-state index in [9.17, 15) is 9.59 Å². The summed E-state index contributed by atoms with van der Waals surface area (Å²) in [6, 6.07) is 17.0. The summed E-state index contributed by atoms with van der Waals surface area (Å²) in [5.74, 6) is -0.251. The summed E-state index contributed by atoms with van der Waals surface area (Å²) in [6.07, 6.45) is 0.801. The fourth-order valence-corrected chi connectivity index (χ4v) is 2.67. The first-order valence-electron chi connectivity index (χ1n) is 8.50. The lowest BCUT2D eigenvalue weighted by Gasteiger charge is -2.19. The van der Waals surface area contributed by atoms with Crippen molar-refractivity contribution in [1.29, 1.82) is 0 Å². The molecule has 0 saturated heterocycles. The summed E-state index contributed by atoms with van der Waals surface area (Å²) >= 11 is 0. The van der Waals surface area contributed by atoms with Crippen LogP contribution in [0.2, 0.25) is 0 Å². The van der Waals surface area contributed by atoms with Crippen LogP contribution in [0.25, 0.3) is 10.9 Å². The zero-order valence-corrected chi connectivity index (χ0v) is 14.6. The van der Waals surface area contributed by atoms with Crippen molar-refractivity contribution in [2.45, 2.75) is 13.0 Å². The number of benzene rings is 2. The lowest BCUT2D eigenvalue weighted by atomic mass is 10.2. The van der Waals surface area contributed by atoms with Gasteiger partial charge in [-0.1, -0.05) is 35.5 Å². The van der Waals surface area contributed by atoms with Crippen molar-refractivity contribution in [2.24, 2.45) is 0 Å². The molecule has 3 rings (SSSR count). The number of nitrogens with zero attached hydrogens (tertiary/aromatic N) is 4. The molecule has 0 spiro atoms. The van der Waals surface area contributed by atoms with Crippen molar-refractivity contribution in [3.05, 3.63) is 65.0 Å². The molecule has 26 heavy (non-hydrogen) atoms. The number of fused-ring (bicyclic) bond motifs is 1. The molecule has 0 saturated carbocycles. The Morgan fingerprint density at radius 3 is 2.65 bits per heavy atom. The highest BCUT2D eigenvalue weighted by Crippen LogP contribution is 2.10. The van der Waals surface area contributed by atoms with E-state index in [4.69, 9.17) is 0 Å². The summed E-state index contributed by atoms with van der Waals surface area (Å²) in [7, 11) is 2.02. The predicted octanol–water partition coefficient (Wildman–Crippen LogP) is 1.43. The molecule has 2 aromatic carbocycles. The van der Waals surface area contributed by atoms with Gasteiger partial charge in [0.2, 0.25) is 5.91 Å². The molecular formula is C19H21N5O2. The SMILES string of the molecule is CN(CCCNC(=O)Cn1nnc2ccccc2c1=O)c1ccccc1. The fraction of sp³-hybridized carbons (Fsp3) is 0.263. The average molecular weight is 351 g/mol. The third kappa shape index (κ3) is 4.24. The van der Waals surface area contributed by atoms with E-state index in [-0.39, 0.29) is 18.0 Å². The van der Waals surface area contributed by atoms with Crippen LogP contribution in [-0.4, -0.2) is 41.0 Å². The Morgan fingerprint density at radius 2 is 1.85 bits per heavy atom. The maximum absolute atomic E-state index is 12.3. The molecule has 7 heteroatoms. The molecule has 1 amide bonds. The van der Waals surface area contributed by atoms with Gasteiger partial charge in [0.1, 0.15) is 12.1 Å². The van der Waals surface area contributed by atoms with E-state index in [2.05, 4.69) is 20.5 Å². The molecule has 3 aromatic rings. The molecule has 0 aliphatic carbocycles. The van der Waals surface area contributed by atoms with E-state index in [0.717, 1.165) is 23.3 Å². The van der Waals surface area contributed by atoms with Crippen LogP contribution in [0.15, 0.2) is 59.4 Å². The molecule has 1 heterocycles. The van der Waals surface area contributed by atoms with Crippen LogP contribution >= 0.6 is 0 Å². The molecule has 7 nitrogen and oxygen atoms in total. The summed E-state index contributed by atoms with van der Waals surface area (Å²) in [5.41, 5.74) is 1.35. The lowest BCUT2D eigenvalue weighted by molar-refractivity contribution is -0.121. The smallest absolute Gasteiger partial charge is 0.278 e. The van der Waals surface area contributed by atoms with Crippen LogP contribution in [0.1, 0.15) is 6.42 Å². The molecule has 0 radical (unpaired) electrons. The minimum absolute atomic E-state index is 0.134. The molecule has 1 aromatic heterocycles. The number of aromatic nitrogens is 3. The third-order valence-electron chi connectivity index (χ3n) is 4.11. The number of hydrogen-bond donors (Lipinski definition) is 1. The van der Waals surface area contributed by atoms with Crippen molar-refractivity contribution >= 4 is 22.5 Å². The van der Waals surface area contributed by atoms with Gasteiger partial charge in [0.15, 0.2) is 0 Å². The van der Waals surface area contributed by atoms with Crippen LogP contribution in [0.4, 0.5) is 5.69 Å². The van der Waals surface area contributed by atoms with E-state index >= 15 is 0 Å². The highest BCUT2D eigenvalue weighted by atomic mass is 16.2. The molecule has 0 unspecified atom stereocenters. The largest absolute Gasteiger partial charge is 0.375 e. The van der Waals surface area contributed by atoms with Gasteiger partial charge in [0, 0.05) is 25.8 Å². The molecule has 134 valence electrons. The quantitative estimate of drug-likeness (QED) is 0.652. The standard InChI is InChI=1S/C19H21N5O2/c1-23(15-8-3-2-4-9-15)13-7-12-20-18(25)14-24-19(26)16-10-5-6-11-17(16)21-22-24/h2-6,8-11H,7,12-14H2,1H3,(H,20,25). The van der Waals surface area contributed by atoms with Crippen molar-refractivity contribution in [1.82, 2.24) is 20.3 Å². The van der Waals surface area contributed by atoms with E-state index in [1.54, 1.807) is 24.3 Å². The second-order valence-corrected chi connectivity index (χ2v) is 6.03. The van der Waals surface area contributed by atoms with Crippen molar-refractivity contribution in [3.63, 3.8) is 0 Å². The Kier molecular flexibility index (Phi) is 5.58. The van der Waals surface area contributed by atoms with Gasteiger partial charge in [-0.25, -0.2) is 4.68 Å². The highest BCUT2D eigenvalue weighted by Gasteiger charge is 2.09. The number of carbonyl (C=O) groups excluding carboxylic acids is 1. The van der Waals surface area contributed by atoms with E-state index in [1.165, 1.54) is 0 Å². The van der Waals surface area contributed by atoms with Crippen LogP contribution in [0, 0.1) is 0 Å². The molecule has 0 fully saturated rings. The molecule has 0 bridgehead atoms. The highest BCUT2D eigenvalue weighted by molar-refractivity contribution is 5.78. The van der Waals surface area contributed by atoms with Gasteiger partial charge in [-0.3, -0.25) is 9.59 Å². The van der Waals surface area contributed by atoms with Gasteiger partial charge >= 0.3 is 0 Å². The van der Waals surface area contributed by atoms with Crippen molar-refractivity contribution in [2.75, 3.05) is 25.0 Å². The Labute approximate surface area is 151 Å². The maximum atomic E-state index is 12.3. The zero-order chi connectivity index (χ0) is 18.4.